The van der Waals surface area contributed by atoms with E-state index < -0.39 is 74.3 Å². The van der Waals surface area contributed by atoms with Crippen molar-refractivity contribution in [1.82, 2.24) is 18.7 Å². The van der Waals surface area contributed by atoms with Gasteiger partial charge in [-0.1, -0.05) is 12.2 Å². The summed E-state index contributed by atoms with van der Waals surface area (Å²) in [4.78, 5) is 38.7. The Morgan fingerprint density at radius 1 is 1.15 bits per heavy atom. The van der Waals surface area contributed by atoms with Crippen LogP contribution in [0.3, 0.4) is 0 Å². The zero-order valence-electron chi connectivity index (χ0n) is 21.6. The number of rotatable bonds is 8. The van der Waals surface area contributed by atoms with Gasteiger partial charge in [-0.25, -0.2) is 9.59 Å². The third-order valence-corrected chi connectivity index (χ3v) is 8.50. The molecule has 17 heteroatoms. The monoisotopic (exact) mass is 590 g/mol. The molecule has 2 aliphatic rings. The zero-order chi connectivity index (χ0) is 28.8. The maximum Gasteiger partial charge on any atom is 0.331 e. The first-order chi connectivity index (χ1) is 18.2. The van der Waals surface area contributed by atoms with Crippen molar-refractivity contribution in [2.75, 3.05) is 13.3 Å². The predicted molar refractivity (Wildman–Crippen MR) is 137 cm³/mol. The minimum absolute atomic E-state index is 0.0311. The molecule has 2 unspecified atom stereocenters. The van der Waals surface area contributed by atoms with E-state index in [4.69, 9.17) is 30.7 Å². The SMILES string of the molecule is Cc1cn([C@H]2C[C@H](OP(C)(=O)OC(O)[C@H]3O[C@@H](n4cc(C)c(=S)n(C)c4=O)C[C@@H]3O)[C@@H](CO)O2)c(=O)[nH]c1=O. The molecule has 0 saturated carbocycles. The van der Waals surface area contributed by atoms with E-state index in [2.05, 4.69) is 4.98 Å². The molecule has 2 saturated heterocycles. The van der Waals surface area contributed by atoms with E-state index in [1.165, 1.54) is 35.5 Å². The summed E-state index contributed by atoms with van der Waals surface area (Å²) in [5, 5.41) is 30.9. The Labute approximate surface area is 226 Å². The summed E-state index contributed by atoms with van der Waals surface area (Å²) in [7, 11) is -2.56. The van der Waals surface area contributed by atoms with Crippen molar-refractivity contribution in [1.29, 1.82) is 0 Å². The fourth-order valence-corrected chi connectivity index (χ4v) is 6.03. The minimum atomic E-state index is -4.06. The van der Waals surface area contributed by atoms with E-state index in [9.17, 15) is 34.3 Å². The molecule has 0 amide bonds. The van der Waals surface area contributed by atoms with Gasteiger partial charge in [-0.05, 0) is 13.8 Å². The van der Waals surface area contributed by atoms with Crippen molar-refractivity contribution in [2.45, 2.75) is 69.9 Å². The number of nitrogens with zero attached hydrogens (tertiary/aromatic N) is 3. The van der Waals surface area contributed by atoms with Crippen LogP contribution in [0.5, 0.6) is 0 Å². The van der Waals surface area contributed by atoms with Crippen LogP contribution >= 0.6 is 19.8 Å². The standard InChI is InChI=1S/C22H31N4O11PS/c1-10-7-25(21(31)23-18(10)29)16-6-13(14(9-27)34-16)36-38(4,33)37-20(30)17-12(28)5-15(35-17)26-8-11(2)19(39)24(3)22(26)32/h7-8,12-17,20,27-28,30H,5-6,9H2,1-4H3,(H,23,29,31)/t12-,13-,14+,15+,16+,17-,20?,38?/m0/s1. The molecule has 0 bridgehead atoms. The summed E-state index contributed by atoms with van der Waals surface area (Å²) in [6.07, 6.45) is -5.73. The Bertz CT molecular complexity index is 1520. The summed E-state index contributed by atoms with van der Waals surface area (Å²) >= 11 is 5.19. The summed E-state index contributed by atoms with van der Waals surface area (Å²) in [6, 6.07) is 0. The largest absolute Gasteiger partial charge is 0.394 e. The fraction of sp³-hybridized carbons (Fsp3) is 0.636. The molecule has 39 heavy (non-hydrogen) atoms. The van der Waals surface area contributed by atoms with Crippen LogP contribution in [-0.2, 0) is 30.1 Å². The van der Waals surface area contributed by atoms with Crippen LogP contribution < -0.4 is 16.9 Å². The third kappa shape index (κ3) is 6.09. The lowest BCUT2D eigenvalue weighted by Gasteiger charge is -2.27. The van der Waals surface area contributed by atoms with Gasteiger partial charge in [0.1, 0.15) is 29.3 Å². The second-order valence-corrected chi connectivity index (χ2v) is 12.0. The first-order valence-corrected chi connectivity index (χ1v) is 14.4. The molecule has 0 radical (unpaired) electrons. The Morgan fingerprint density at radius 2 is 1.79 bits per heavy atom. The highest BCUT2D eigenvalue weighted by Crippen LogP contribution is 2.50. The van der Waals surface area contributed by atoms with Crippen LogP contribution in [0.4, 0.5) is 0 Å². The molecule has 15 nitrogen and oxygen atoms in total. The second-order valence-electron chi connectivity index (χ2n) is 9.66. The van der Waals surface area contributed by atoms with Gasteiger partial charge >= 0.3 is 19.0 Å². The molecule has 8 atom stereocenters. The van der Waals surface area contributed by atoms with Gasteiger partial charge in [-0.3, -0.25) is 32.6 Å². The van der Waals surface area contributed by atoms with Gasteiger partial charge < -0.3 is 29.3 Å². The van der Waals surface area contributed by atoms with Crippen molar-refractivity contribution in [2.24, 2.45) is 7.05 Å². The van der Waals surface area contributed by atoms with Crippen LogP contribution in [-0.4, -0.2) is 78.0 Å². The number of aromatic nitrogens is 4. The lowest BCUT2D eigenvalue weighted by molar-refractivity contribution is -0.159. The number of hydrogen-bond donors (Lipinski definition) is 4. The van der Waals surface area contributed by atoms with Crippen molar-refractivity contribution in [3.8, 4) is 0 Å². The summed E-state index contributed by atoms with van der Waals surface area (Å²) < 4.78 is 39.4. The van der Waals surface area contributed by atoms with Crippen molar-refractivity contribution < 1.29 is 38.4 Å². The molecule has 4 rings (SSSR count). The van der Waals surface area contributed by atoms with E-state index in [1.807, 2.05) is 0 Å². The van der Waals surface area contributed by atoms with Gasteiger partial charge in [0.25, 0.3) is 5.56 Å². The van der Waals surface area contributed by atoms with E-state index in [0.29, 0.717) is 10.2 Å². The number of ether oxygens (including phenoxy) is 2. The second kappa shape index (κ2) is 11.3. The van der Waals surface area contributed by atoms with Crippen LogP contribution in [0.15, 0.2) is 26.8 Å². The highest BCUT2D eigenvalue weighted by Gasteiger charge is 2.45. The molecule has 0 aliphatic carbocycles. The van der Waals surface area contributed by atoms with Gasteiger partial charge in [-0.15, -0.1) is 0 Å². The molecule has 2 aromatic rings. The van der Waals surface area contributed by atoms with Crippen LogP contribution in [0.25, 0.3) is 0 Å². The number of H-pyrrole nitrogens is 1. The molecule has 4 N–H and O–H groups in total. The van der Waals surface area contributed by atoms with Crippen LogP contribution in [0, 0.1) is 18.5 Å². The topological polar surface area (TPSA) is 196 Å². The first kappa shape index (κ1) is 29.7. The number of aliphatic hydroxyl groups is 3. The molecule has 4 heterocycles. The highest BCUT2D eigenvalue weighted by molar-refractivity contribution is 7.71. The van der Waals surface area contributed by atoms with E-state index in [0.717, 1.165) is 11.2 Å². The maximum atomic E-state index is 13.2. The molecule has 2 fully saturated rings. The van der Waals surface area contributed by atoms with E-state index in [1.54, 1.807) is 6.92 Å². The number of aromatic amines is 1. The number of aryl methyl sites for hydroxylation is 2. The lowest BCUT2D eigenvalue weighted by atomic mass is 10.2. The van der Waals surface area contributed by atoms with Gasteiger partial charge in [0.15, 0.2) is 6.29 Å². The van der Waals surface area contributed by atoms with Gasteiger partial charge in [0, 0.05) is 50.1 Å². The number of nitrogens with one attached hydrogen (secondary N) is 1. The van der Waals surface area contributed by atoms with E-state index >= 15 is 0 Å². The van der Waals surface area contributed by atoms with Gasteiger partial charge in [-0.2, -0.15) is 0 Å². The molecule has 2 aromatic heterocycles. The molecular weight excluding hydrogens is 559 g/mol. The van der Waals surface area contributed by atoms with Crippen molar-refractivity contribution in [3.63, 3.8) is 0 Å². The zero-order valence-corrected chi connectivity index (χ0v) is 23.3. The average Bonchev–Trinajstić information content (AvgIpc) is 3.44. The van der Waals surface area contributed by atoms with Crippen molar-refractivity contribution in [3.05, 3.63) is 59.5 Å². The Morgan fingerprint density at radius 3 is 2.46 bits per heavy atom. The lowest BCUT2D eigenvalue weighted by Crippen LogP contribution is -2.37. The summed E-state index contributed by atoms with van der Waals surface area (Å²) in [5.41, 5.74) is -0.870. The average molecular weight is 591 g/mol. The Hall–Kier alpha value is -2.27. The predicted octanol–water partition coefficient (Wildman–Crippen LogP) is -0.445. The Balaban J connectivity index is 1.44. The third-order valence-electron chi connectivity index (χ3n) is 6.65. The summed E-state index contributed by atoms with van der Waals surface area (Å²) in [5.74, 6) is 0. The number of hydrogen-bond acceptors (Lipinski definition) is 12. The van der Waals surface area contributed by atoms with Crippen LogP contribution in [0.2, 0.25) is 0 Å². The maximum absolute atomic E-state index is 13.2. The molecule has 0 aromatic carbocycles. The van der Waals surface area contributed by atoms with Gasteiger partial charge in [0.2, 0.25) is 0 Å². The molecule has 2 aliphatic heterocycles. The highest BCUT2D eigenvalue weighted by atomic mass is 32.1. The van der Waals surface area contributed by atoms with Crippen LogP contribution in [0.1, 0.15) is 36.4 Å². The van der Waals surface area contributed by atoms with Crippen molar-refractivity contribution >= 4 is 19.8 Å². The molecular formula is C22H31N4O11PS. The fourth-order valence-electron chi connectivity index (χ4n) is 4.63. The van der Waals surface area contributed by atoms with Gasteiger partial charge in [0.05, 0.1) is 18.8 Å². The van der Waals surface area contributed by atoms with E-state index in [-0.39, 0.29) is 18.4 Å². The quantitative estimate of drug-likeness (QED) is 0.176. The minimum Gasteiger partial charge on any atom is -0.394 e. The first-order valence-electron chi connectivity index (χ1n) is 12.1. The smallest absolute Gasteiger partial charge is 0.331 e. The Kier molecular flexibility index (Phi) is 8.61. The molecule has 0 spiro atoms. The normalized spacial score (nSPS) is 29.4. The molecule has 216 valence electrons. The summed E-state index contributed by atoms with van der Waals surface area (Å²) in [6.45, 7) is 3.77. The number of aliphatic hydroxyl groups excluding tert-OH is 3.